The summed E-state index contributed by atoms with van der Waals surface area (Å²) in [5.74, 6) is -1.49. The fourth-order valence-corrected chi connectivity index (χ4v) is 4.69. The summed E-state index contributed by atoms with van der Waals surface area (Å²) >= 11 is 0. The van der Waals surface area contributed by atoms with Gasteiger partial charge in [-0.3, -0.25) is 23.9 Å². The maximum absolute atomic E-state index is 14.7. The van der Waals surface area contributed by atoms with Crippen LogP contribution < -0.4 is 16.6 Å². The van der Waals surface area contributed by atoms with Crippen molar-refractivity contribution in [2.24, 2.45) is 5.73 Å². The van der Waals surface area contributed by atoms with Crippen LogP contribution in [0.4, 0.5) is 10.1 Å². The fourth-order valence-electron chi connectivity index (χ4n) is 4.69. The highest BCUT2D eigenvalue weighted by Gasteiger charge is 2.38. The molecule has 2 aliphatic rings. The van der Waals surface area contributed by atoms with Crippen LogP contribution in [0.2, 0.25) is 0 Å². The molecule has 2 aromatic rings. The fraction of sp³-hybridized carbons (Fsp3) is 0.435. The van der Waals surface area contributed by atoms with E-state index in [0.29, 0.717) is 12.1 Å². The van der Waals surface area contributed by atoms with Crippen molar-refractivity contribution < 1.29 is 14.0 Å². The maximum atomic E-state index is 14.7. The molecule has 4 rings (SSSR count). The van der Waals surface area contributed by atoms with E-state index in [-0.39, 0.29) is 23.8 Å². The molecule has 2 amide bonds. The molecule has 0 radical (unpaired) electrons. The number of primary amides is 1. The van der Waals surface area contributed by atoms with Crippen LogP contribution in [0.1, 0.15) is 25.7 Å². The van der Waals surface area contributed by atoms with Crippen LogP contribution in [0, 0.1) is 5.82 Å². The van der Waals surface area contributed by atoms with Crippen molar-refractivity contribution in [3.05, 3.63) is 58.8 Å². The Morgan fingerprint density at radius 3 is 2.59 bits per heavy atom. The third-order valence-corrected chi connectivity index (χ3v) is 6.29. The van der Waals surface area contributed by atoms with Gasteiger partial charge in [0.2, 0.25) is 11.8 Å². The van der Waals surface area contributed by atoms with Crippen molar-refractivity contribution in [3.8, 4) is 5.69 Å². The lowest BCUT2D eigenvalue weighted by molar-refractivity contribution is -0.124. The SMILES string of the molecule is NC(=O)C1CC[C@@H](CN2CCCC2)N1CC(=O)Nc1ccc(-n2ccccc2=O)cc1F. The van der Waals surface area contributed by atoms with Gasteiger partial charge in [0.05, 0.1) is 24.0 Å². The molecular weight excluding hydrogens is 413 g/mol. The summed E-state index contributed by atoms with van der Waals surface area (Å²) in [6.45, 7) is 2.82. The first-order chi connectivity index (χ1) is 15.4. The summed E-state index contributed by atoms with van der Waals surface area (Å²) in [5, 5.41) is 2.60. The van der Waals surface area contributed by atoms with Gasteiger partial charge in [0.25, 0.3) is 5.56 Å². The predicted octanol–water partition coefficient (Wildman–Crippen LogP) is 1.33. The number of pyridine rings is 1. The van der Waals surface area contributed by atoms with Crippen molar-refractivity contribution in [1.82, 2.24) is 14.4 Å². The van der Waals surface area contributed by atoms with Gasteiger partial charge in [-0.25, -0.2) is 4.39 Å². The zero-order chi connectivity index (χ0) is 22.7. The highest BCUT2D eigenvalue weighted by molar-refractivity contribution is 5.93. The molecule has 1 aromatic heterocycles. The Balaban J connectivity index is 1.44. The van der Waals surface area contributed by atoms with E-state index in [1.165, 1.54) is 22.8 Å². The minimum Gasteiger partial charge on any atom is -0.368 e. The molecule has 2 aliphatic heterocycles. The molecular formula is C23H28FN5O3. The van der Waals surface area contributed by atoms with Crippen molar-refractivity contribution in [3.63, 3.8) is 0 Å². The Morgan fingerprint density at radius 2 is 1.91 bits per heavy atom. The number of rotatable bonds is 7. The number of nitrogens with one attached hydrogen (secondary N) is 1. The molecule has 0 saturated carbocycles. The molecule has 8 nitrogen and oxygen atoms in total. The number of nitrogens with two attached hydrogens (primary N) is 1. The van der Waals surface area contributed by atoms with E-state index in [0.717, 1.165) is 38.9 Å². The van der Waals surface area contributed by atoms with Crippen LogP contribution in [0.3, 0.4) is 0 Å². The average Bonchev–Trinajstić information content (AvgIpc) is 3.41. The number of halogens is 1. The lowest BCUT2D eigenvalue weighted by Crippen LogP contribution is -2.50. The van der Waals surface area contributed by atoms with Gasteiger partial charge in [0.1, 0.15) is 5.82 Å². The number of benzene rings is 1. The number of aromatic nitrogens is 1. The molecule has 2 atom stereocenters. The zero-order valence-electron chi connectivity index (χ0n) is 17.9. The lowest BCUT2D eigenvalue weighted by Gasteiger charge is -2.30. The summed E-state index contributed by atoms with van der Waals surface area (Å²) in [6, 6.07) is 8.45. The Kier molecular flexibility index (Phi) is 6.66. The summed E-state index contributed by atoms with van der Waals surface area (Å²) < 4.78 is 16.0. The van der Waals surface area contributed by atoms with Crippen LogP contribution in [0.25, 0.3) is 5.69 Å². The molecule has 3 N–H and O–H groups in total. The van der Waals surface area contributed by atoms with E-state index in [2.05, 4.69) is 10.2 Å². The van der Waals surface area contributed by atoms with Crippen molar-refractivity contribution in [2.45, 2.75) is 37.8 Å². The largest absolute Gasteiger partial charge is 0.368 e. The highest BCUT2D eigenvalue weighted by Crippen LogP contribution is 2.26. The quantitative estimate of drug-likeness (QED) is 0.675. The zero-order valence-corrected chi connectivity index (χ0v) is 17.9. The summed E-state index contributed by atoms with van der Waals surface area (Å²) in [4.78, 5) is 40.8. The van der Waals surface area contributed by atoms with E-state index in [1.807, 2.05) is 4.90 Å². The van der Waals surface area contributed by atoms with Crippen LogP contribution in [0.5, 0.6) is 0 Å². The first kappa shape index (κ1) is 22.2. The Labute approximate surface area is 185 Å². The molecule has 9 heteroatoms. The second-order valence-corrected chi connectivity index (χ2v) is 8.45. The Morgan fingerprint density at radius 1 is 1.12 bits per heavy atom. The second kappa shape index (κ2) is 9.62. The third-order valence-electron chi connectivity index (χ3n) is 6.29. The van der Waals surface area contributed by atoms with E-state index in [1.54, 1.807) is 24.4 Å². The van der Waals surface area contributed by atoms with Crippen LogP contribution in [0.15, 0.2) is 47.4 Å². The highest BCUT2D eigenvalue weighted by atomic mass is 19.1. The number of carbonyl (C=O) groups excluding carboxylic acids is 2. The minimum absolute atomic E-state index is 0.0219. The molecule has 2 fully saturated rings. The first-order valence-electron chi connectivity index (χ1n) is 11.0. The molecule has 170 valence electrons. The van der Waals surface area contributed by atoms with Gasteiger partial charge in [0, 0.05) is 30.9 Å². The summed E-state index contributed by atoms with van der Waals surface area (Å²) in [7, 11) is 0. The lowest BCUT2D eigenvalue weighted by atomic mass is 10.2. The molecule has 1 unspecified atom stereocenters. The van der Waals surface area contributed by atoms with Gasteiger partial charge in [-0.15, -0.1) is 0 Å². The van der Waals surface area contributed by atoms with Gasteiger partial charge >= 0.3 is 0 Å². The van der Waals surface area contributed by atoms with E-state index in [4.69, 9.17) is 5.73 Å². The summed E-state index contributed by atoms with van der Waals surface area (Å²) in [5.41, 5.74) is 5.69. The van der Waals surface area contributed by atoms with Crippen molar-refractivity contribution in [2.75, 3.05) is 31.5 Å². The minimum atomic E-state index is -0.645. The molecule has 0 aliphatic carbocycles. The number of anilines is 1. The van der Waals surface area contributed by atoms with Crippen LogP contribution >= 0.6 is 0 Å². The Bertz CT molecular complexity index is 1050. The Hall–Kier alpha value is -3.04. The van der Waals surface area contributed by atoms with E-state index < -0.39 is 23.7 Å². The van der Waals surface area contributed by atoms with Crippen LogP contribution in [-0.4, -0.2) is 64.4 Å². The normalized spacial score (nSPS) is 21.7. The number of carbonyl (C=O) groups is 2. The predicted molar refractivity (Wildman–Crippen MR) is 119 cm³/mol. The molecule has 2 saturated heterocycles. The molecule has 1 aromatic carbocycles. The molecule has 0 bridgehead atoms. The van der Waals surface area contributed by atoms with Crippen molar-refractivity contribution in [1.29, 1.82) is 0 Å². The van der Waals surface area contributed by atoms with Gasteiger partial charge < -0.3 is 16.0 Å². The number of nitrogens with zero attached hydrogens (tertiary/aromatic N) is 3. The standard InChI is InChI=1S/C23H28FN5O3/c24-18-13-16(28-12-2-1-5-22(28)31)6-8-19(18)26-21(30)15-29-17(7-9-20(29)23(25)32)14-27-10-3-4-11-27/h1-2,5-6,8,12-13,17,20H,3-4,7,9-11,14-15H2,(H2,25,32)(H,26,30)/t17-,20?/m0/s1. The number of hydrogen-bond acceptors (Lipinski definition) is 5. The average molecular weight is 442 g/mol. The van der Waals surface area contributed by atoms with E-state index >= 15 is 0 Å². The number of likely N-dealkylation sites (tertiary alicyclic amines) is 2. The van der Waals surface area contributed by atoms with Crippen LogP contribution in [-0.2, 0) is 9.59 Å². The van der Waals surface area contributed by atoms with Gasteiger partial charge in [0.15, 0.2) is 0 Å². The maximum Gasteiger partial charge on any atom is 0.255 e. The topological polar surface area (TPSA) is 101 Å². The number of amides is 2. The second-order valence-electron chi connectivity index (χ2n) is 8.45. The van der Waals surface area contributed by atoms with E-state index in [9.17, 15) is 18.8 Å². The van der Waals surface area contributed by atoms with Gasteiger partial charge in [-0.1, -0.05) is 6.07 Å². The number of hydrogen-bond donors (Lipinski definition) is 2. The monoisotopic (exact) mass is 441 g/mol. The molecule has 3 heterocycles. The molecule has 0 spiro atoms. The first-order valence-corrected chi connectivity index (χ1v) is 11.0. The van der Waals surface area contributed by atoms with Gasteiger partial charge in [-0.2, -0.15) is 0 Å². The third kappa shape index (κ3) is 4.89. The van der Waals surface area contributed by atoms with Crippen molar-refractivity contribution >= 4 is 17.5 Å². The smallest absolute Gasteiger partial charge is 0.255 e. The summed E-state index contributed by atoms with van der Waals surface area (Å²) in [6.07, 6.45) is 5.29. The molecule has 32 heavy (non-hydrogen) atoms. The van der Waals surface area contributed by atoms with Gasteiger partial charge in [-0.05, 0) is 57.0 Å².